The van der Waals surface area contributed by atoms with E-state index in [1.165, 1.54) is 6.42 Å². The van der Waals surface area contributed by atoms with Crippen molar-refractivity contribution < 1.29 is 33.6 Å². The van der Waals surface area contributed by atoms with Gasteiger partial charge < -0.3 is 55.4 Å². The topological polar surface area (TPSA) is 207 Å². The zero-order chi connectivity index (χ0) is 48.9. The van der Waals surface area contributed by atoms with Gasteiger partial charge in [-0.2, -0.15) is 9.61 Å². The van der Waals surface area contributed by atoms with Crippen LogP contribution >= 0.6 is 11.6 Å². The van der Waals surface area contributed by atoms with Crippen LogP contribution in [0.5, 0.6) is 5.75 Å². The van der Waals surface area contributed by atoms with E-state index in [2.05, 4.69) is 56.8 Å². The van der Waals surface area contributed by atoms with Crippen LogP contribution in [0.4, 0.5) is 17.3 Å². The van der Waals surface area contributed by atoms with Crippen LogP contribution < -0.4 is 31.3 Å². The number of hydrogen-bond acceptors (Lipinski definition) is 16. The summed E-state index contributed by atoms with van der Waals surface area (Å²) >= 11 is 6.15. The average molecular weight is 989 g/mol. The van der Waals surface area contributed by atoms with Gasteiger partial charge in [0.2, 0.25) is 5.90 Å². The maximum absolute atomic E-state index is 13.1. The molecule has 0 radical (unpaired) electrons. The summed E-state index contributed by atoms with van der Waals surface area (Å²) in [5, 5.41) is 25.1. The lowest BCUT2D eigenvalue weighted by Crippen LogP contribution is -2.58. The number of hydrogen-bond donors (Lipinski definition) is 5. The van der Waals surface area contributed by atoms with Gasteiger partial charge in [0.15, 0.2) is 11.4 Å². The second kappa shape index (κ2) is 24.4. The van der Waals surface area contributed by atoms with Gasteiger partial charge in [-0.05, 0) is 95.8 Å². The lowest BCUT2D eigenvalue weighted by Gasteiger charge is -2.43. The number of benzene rings is 1. The maximum Gasteiger partial charge on any atom is 0.254 e. The molecule has 1 aromatic carbocycles. The number of fused-ring (bicyclic) bond motifs is 1. The highest BCUT2D eigenvalue weighted by atomic mass is 35.5. The minimum absolute atomic E-state index is 0.0750. The van der Waals surface area contributed by atoms with Gasteiger partial charge >= 0.3 is 0 Å². The first-order chi connectivity index (χ1) is 34.0. The fourth-order valence-corrected chi connectivity index (χ4v) is 9.98. The minimum Gasteiger partial charge on any atom is -0.490 e. The van der Waals surface area contributed by atoms with E-state index in [1.807, 2.05) is 29.8 Å². The second-order valence-electron chi connectivity index (χ2n) is 19.5. The van der Waals surface area contributed by atoms with E-state index < -0.39 is 5.79 Å². The van der Waals surface area contributed by atoms with Crippen molar-refractivity contribution in [1.29, 1.82) is 0 Å². The molecule has 0 spiro atoms. The number of amides is 1. The van der Waals surface area contributed by atoms with Gasteiger partial charge in [0.1, 0.15) is 24.0 Å². The summed E-state index contributed by atoms with van der Waals surface area (Å²) in [7, 11) is 0. The molecule has 5 aliphatic rings. The Morgan fingerprint density at radius 1 is 0.971 bits per heavy atom. The number of likely N-dealkylation sites (tertiary alicyclic amines) is 1. The van der Waals surface area contributed by atoms with E-state index in [0.717, 1.165) is 107 Å². The molecule has 3 atom stereocenters. The standard InChI is InChI=1S/C51H74ClN11O7/c1-4-36-33-58-63-45(30-46(60-48(36)63)62-19-6-5-7-39(62)17-22-64)54-34-50(2)18-14-47(55-35-50)69-28-26-67-24-23-66-25-27-68-40-15-20-61(21-16-40)51(3)56-31-37(32-57-51)49(65)59-38-8-10-41(11-9-38)70-42-12-13-44(53)43(52)29-42/h12-14,18,29-33,38-41,54,56,64H,4-11,15-17,19-28,34-35,53H2,1-3H3,(H,59,65)/t38?,39-,41?,50?,51?/m0/s1. The van der Waals surface area contributed by atoms with E-state index >= 15 is 0 Å². The first-order valence-electron chi connectivity index (χ1n) is 25.4. The molecule has 2 aromatic heterocycles. The van der Waals surface area contributed by atoms with Crippen molar-refractivity contribution in [2.24, 2.45) is 15.4 Å². The van der Waals surface area contributed by atoms with Crippen molar-refractivity contribution in [3.05, 3.63) is 65.0 Å². The number of aromatic nitrogens is 3. The number of rotatable bonds is 22. The van der Waals surface area contributed by atoms with Crippen LogP contribution in [0.15, 0.2) is 64.4 Å². The van der Waals surface area contributed by atoms with Crippen LogP contribution in [-0.2, 0) is 30.2 Å². The summed E-state index contributed by atoms with van der Waals surface area (Å²) in [6.45, 7) is 13.2. The number of nitrogens with one attached hydrogen (secondary N) is 3. The Bertz CT molecular complexity index is 2330. The fourth-order valence-electron chi connectivity index (χ4n) is 9.81. The maximum atomic E-state index is 13.1. The van der Waals surface area contributed by atoms with Crippen molar-refractivity contribution >= 4 is 52.6 Å². The summed E-state index contributed by atoms with van der Waals surface area (Å²) in [4.78, 5) is 32.4. The fraction of sp³-hybridized carbons (Fsp3) is 0.627. The molecule has 0 bridgehead atoms. The van der Waals surface area contributed by atoms with E-state index in [4.69, 9.17) is 56.0 Å². The van der Waals surface area contributed by atoms with Crippen LogP contribution in [-0.4, -0.2) is 152 Å². The SMILES string of the molecule is CCc1cnn2c(NCC3(C)C=CC(OCCOCCOCCOC4CCN(C5(C)N=CC(C(=O)NC6CCC(Oc7ccc(N)c(Cl)c7)CC6)=CN5)CC4)=NC3)cc(N3CCCC[C@H]3CCO)nc12. The normalized spacial score (nSPS) is 25.3. The van der Waals surface area contributed by atoms with Crippen molar-refractivity contribution in [3.63, 3.8) is 0 Å². The van der Waals surface area contributed by atoms with Crippen LogP contribution in [0.25, 0.3) is 5.65 Å². The number of nitrogens with two attached hydrogens (primary N) is 1. The Morgan fingerprint density at radius 2 is 1.76 bits per heavy atom. The number of halogens is 1. The second-order valence-corrected chi connectivity index (χ2v) is 19.9. The predicted molar refractivity (Wildman–Crippen MR) is 274 cm³/mol. The smallest absolute Gasteiger partial charge is 0.254 e. The number of ether oxygens (including phenoxy) is 5. The summed E-state index contributed by atoms with van der Waals surface area (Å²) in [5.41, 5.74) is 8.64. The number of nitrogens with zero attached hydrogens (tertiary/aromatic N) is 7. The Morgan fingerprint density at radius 3 is 2.47 bits per heavy atom. The number of aliphatic hydroxyl groups is 1. The summed E-state index contributed by atoms with van der Waals surface area (Å²) in [6.07, 6.45) is 19.8. The molecule has 1 aliphatic carbocycles. The third-order valence-corrected chi connectivity index (χ3v) is 14.5. The van der Waals surface area contributed by atoms with Gasteiger partial charge in [0.05, 0.1) is 74.3 Å². The molecule has 19 heteroatoms. The molecule has 8 rings (SSSR count). The highest BCUT2D eigenvalue weighted by Crippen LogP contribution is 2.32. The molecule has 1 saturated carbocycles. The number of carbonyl (C=O) groups excluding carboxylic acids is 1. The van der Waals surface area contributed by atoms with Gasteiger partial charge in [-0.1, -0.05) is 31.5 Å². The molecule has 3 fully saturated rings. The van der Waals surface area contributed by atoms with E-state index in [0.29, 0.717) is 80.7 Å². The molecular formula is C51H74ClN11O7. The Kier molecular flexibility index (Phi) is 17.9. The number of dihydropyridines is 1. The highest BCUT2D eigenvalue weighted by molar-refractivity contribution is 6.33. The Labute approximate surface area is 417 Å². The number of aliphatic imine (C=N–C) groups is 2. The zero-order valence-corrected chi connectivity index (χ0v) is 42.0. The number of aryl methyl sites for hydroxylation is 1. The largest absolute Gasteiger partial charge is 0.490 e. The quantitative estimate of drug-likeness (QED) is 0.0585. The molecule has 2 unspecified atom stereocenters. The molecule has 4 aliphatic heterocycles. The highest BCUT2D eigenvalue weighted by Gasteiger charge is 2.36. The van der Waals surface area contributed by atoms with Gasteiger partial charge in [0, 0.05) is 80.4 Å². The molecule has 6 heterocycles. The monoisotopic (exact) mass is 988 g/mol. The van der Waals surface area contributed by atoms with Gasteiger partial charge in [0.25, 0.3) is 5.91 Å². The Hall–Kier alpha value is -4.98. The average Bonchev–Trinajstić information content (AvgIpc) is 3.80. The third kappa shape index (κ3) is 13.5. The van der Waals surface area contributed by atoms with Gasteiger partial charge in [-0.25, -0.2) is 9.98 Å². The molecule has 70 heavy (non-hydrogen) atoms. The molecule has 1 amide bonds. The third-order valence-electron chi connectivity index (χ3n) is 14.2. The van der Waals surface area contributed by atoms with E-state index in [1.54, 1.807) is 24.5 Å². The van der Waals surface area contributed by atoms with E-state index in [-0.39, 0.29) is 42.2 Å². The summed E-state index contributed by atoms with van der Waals surface area (Å²) < 4.78 is 31.6. The summed E-state index contributed by atoms with van der Waals surface area (Å²) in [6, 6.07) is 7.81. The molecular weight excluding hydrogens is 914 g/mol. The predicted octanol–water partition coefficient (Wildman–Crippen LogP) is 5.92. The van der Waals surface area contributed by atoms with Crippen LogP contribution in [0.2, 0.25) is 5.02 Å². The minimum atomic E-state index is -0.621. The van der Waals surface area contributed by atoms with Crippen LogP contribution in [0, 0.1) is 5.41 Å². The van der Waals surface area contributed by atoms with E-state index in [9.17, 15) is 9.90 Å². The zero-order valence-electron chi connectivity index (χ0n) is 41.3. The lowest BCUT2D eigenvalue weighted by molar-refractivity contribution is -0.118. The number of piperidine rings is 2. The Balaban J connectivity index is 0.651. The number of nitrogen functional groups attached to an aromatic ring is 1. The first-order valence-corrected chi connectivity index (χ1v) is 25.8. The molecule has 6 N–H and O–H groups in total. The molecule has 2 saturated heterocycles. The number of carbonyl (C=O) groups is 1. The molecule has 382 valence electrons. The first kappa shape index (κ1) is 51.4. The van der Waals surface area contributed by atoms with Gasteiger partial charge in [-0.15, -0.1) is 0 Å². The summed E-state index contributed by atoms with van der Waals surface area (Å²) in [5.74, 6) is 2.41. The van der Waals surface area contributed by atoms with Crippen molar-refractivity contribution in [2.45, 2.75) is 121 Å². The van der Waals surface area contributed by atoms with Crippen molar-refractivity contribution in [2.75, 3.05) is 94.9 Å². The van der Waals surface area contributed by atoms with Crippen LogP contribution in [0.3, 0.4) is 0 Å². The van der Waals surface area contributed by atoms with Crippen molar-refractivity contribution in [1.82, 2.24) is 30.1 Å². The number of anilines is 3. The number of aliphatic hydroxyl groups excluding tert-OH is 1. The lowest BCUT2D eigenvalue weighted by atomic mass is 9.88. The van der Waals surface area contributed by atoms with Crippen LogP contribution in [0.1, 0.15) is 90.5 Å². The van der Waals surface area contributed by atoms with Crippen molar-refractivity contribution in [3.8, 4) is 5.75 Å². The molecule has 3 aromatic rings. The van der Waals surface area contributed by atoms with Gasteiger partial charge in [-0.3, -0.25) is 14.7 Å². The molecule has 18 nitrogen and oxygen atoms in total.